The third-order valence-electron chi connectivity index (χ3n) is 6.48. The number of aryl methyl sites for hydroxylation is 2. The zero-order chi connectivity index (χ0) is 22.3. The van der Waals surface area contributed by atoms with Crippen LogP contribution in [0.15, 0.2) is 23.5 Å². The Morgan fingerprint density at radius 1 is 1.10 bits per heavy atom. The molecule has 0 aromatic heterocycles. The molecular formula is C22H22NNaO7. The molecule has 9 heteroatoms. The molecule has 2 aliphatic carbocycles. The number of phenols is 2. The van der Waals surface area contributed by atoms with Gasteiger partial charge in [-0.25, -0.2) is 0 Å². The van der Waals surface area contributed by atoms with Gasteiger partial charge in [0.25, 0.3) is 0 Å². The number of aliphatic hydroxyl groups excluding tert-OH is 1. The average molecular weight is 435 g/mol. The van der Waals surface area contributed by atoms with Crippen LogP contribution in [-0.4, -0.2) is 79.0 Å². The summed E-state index contributed by atoms with van der Waals surface area (Å²) >= 11 is 0. The van der Waals surface area contributed by atoms with Crippen LogP contribution in [-0.2, 0) is 16.0 Å². The van der Waals surface area contributed by atoms with Crippen LogP contribution in [0.1, 0.15) is 34.0 Å². The number of aliphatic hydroxyl groups is 2. The van der Waals surface area contributed by atoms with Gasteiger partial charge in [-0.2, -0.15) is 0 Å². The summed E-state index contributed by atoms with van der Waals surface area (Å²) in [4.78, 5) is 38.3. The number of hydrogen-bond acceptors (Lipinski definition) is 8. The maximum atomic E-state index is 13.4. The summed E-state index contributed by atoms with van der Waals surface area (Å²) in [6.07, 6.45) is -0.0936. The number of rotatable bonds is 1. The maximum absolute atomic E-state index is 13.4. The van der Waals surface area contributed by atoms with E-state index in [9.17, 15) is 34.8 Å². The fourth-order valence-corrected chi connectivity index (χ4v) is 4.75. The monoisotopic (exact) mass is 435 g/mol. The molecule has 2 aliphatic rings. The summed E-state index contributed by atoms with van der Waals surface area (Å²) in [5.74, 6) is -5.81. The average Bonchev–Trinajstić information content (AvgIpc) is 2.68. The van der Waals surface area contributed by atoms with Crippen molar-refractivity contribution < 1.29 is 34.8 Å². The zero-order valence-corrected chi connectivity index (χ0v) is 16.6. The number of carbonyl (C=O) groups excluding carboxylic acids is 3. The standard InChI is InChI=1S/C22H21NO7.Na.H/c1-7-4-5-10-8(2)11-6-12-16(23)19(27)13(9(3)24)20(28)22(12,30)21(29)15(11)18(26)14(10)17(7)25;;/h4-5,12,16,25-27,30H,6,23H2,1-3H3;;/t12-,16+,22+;;/m0../s1. The van der Waals surface area contributed by atoms with E-state index >= 15 is 0 Å². The van der Waals surface area contributed by atoms with Gasteiger partial charge in [-0.15, -0.1) is 0 Å². The molecule has 0 spiro atoms. The number of phenolic OH excluding ortho intramolecular Hbond substituents is 2. The molecule has 31 heavy (non-hydrogen) atoms. The summed E-state index contributed by atoms with van der Waals surface area (Å²) in [5.41, 5.74) is 3.74. The van der Waals surface area contributed by atoms with Crippen molar-refractivity contribution in [3.05, 3.63) is 45.7 Å². The number of aromatic hydroxyl groups is 2. The first-order valence-corrected chi connectivity index (χ1v) is 9.42. The van der Waals surface area contributed by atoms with E-state index < -0.39 is 52.0 Å². The van der Waals surface area contributed by atoms with Crippen LogP contribution < -0.4 is 5.73 Å². The second-order valence-electron chi connectivity index (χ2n) is 8.06. The molecule has 0 saturated heterocycles. The summed E-state index contributed by atoms with van der Waals surface area (Å²) in [6, 6.07) is 2.04. The topological polar surface area (TPSA) is 158 Å². The Kier molecular flexibility index (Phi) is 5.61. The molecule has 3 atom stereocenters. The molecule has 0 aliphatic heterocycles. The van der Waals surface area contributed by atoms with Gasteiger partial charge in [0.1, 0.15) is 22.8 Å². The number of benzene rings is 2. The van der Waals surface area contributed by atoms with Crippen molar-refractivity contribution >= 4 is 57.7 Å². The number of nitrogens with two attached hydrogens (primary N) is 1. The molecule has 0 radical (unpaired) electrons. The predicted octanol–water partition coefficient (Wildman–Crippen LogP) is 0.617. The van der Waals surface area contributed by atoms with Gasteiger partial charge in [-0.3, -0.25) is 14.4 Å². The molecule has 6 N–H and O–H groups in total. The molecule has 0 bridgehead atoms. The third kappa shape index (κ3) is 2.83. The molecule has 2 aromatic carbocycles. The molecule has 0 amide bonds. The van der Waals surface area contributed by atoms with Gasteiger partial charge in [0.2, 0.25) is 11.6 Å². The number of Topliss-reactive ketones (excluding diaryl/α,β-unsaturated/α-hetero) is 3. The molecule has 8 nitrogen and oxygen atoms in total. The van der Waals surface area contributed by atoms with Crippen molar-refractivity contribution in [3.8, 4) is 11.5 Å². The van der Waals surface area contributed by atoms with Crippen LogP contribution in [0.4, 0.5) is 0 Å². The van der Waals surface area contributed by atoms with E-state index in [1.807, 2.05) is 0 Å². The number of hydrogen-bond donors (Lipinski definition) is 5. The Balaban J connectivity index is 0.00000272. The van der Waals surface area contributed by atoms with Gasteiger partial charge in [0.15, 0.2) is 11.4 Å². The Morgan fingerprint density at radius 3 is 2.29 bits per heavy atom. The first-order valence-electron chi connectivity index (χ1n) is 9.42. The number of ketones is 3. The Hall–Kier alpha value is -2.23. The SMILES string of the molecule is CC(=O)C1=C(O)[C@H](N)[C@@H]2Cc3c(c(O)c4c(O)c(C)ccc4c3C)C(=O)[C@]2(O)C1=O.[NaH]. The second-order valence-corrected chi connectivity index (χ2v) is 8.06. The van der Waals surface area contributed by atoms with E-state index in [0.717, 1.165) is 6.92 Å². The summed E-state index contributed by atoms with van der Waals surface area (Å²) in [6.45, 7) is 4.35. The molecule has 158 valence electrons. The van der Waals surface area contributed by atoms with Crippen molar-refractivity contribution in [2.75, 3.05) is 0 Å². The van der Waals surface area contributed by atoms with Crippen LogP contribution in [0, 0.1) is 19.8 Å². The number of fused-ring (bicyclic) bond motifs is 3. The van der Waals surface area contributed by atoms with Crippen molar-refractivity contribution in [2.24, 2.45) is 11.7 Å². The van der Waals surface area contributed by atoms with Crippen molar-refractivity contribution in [1.29, 1.82) is 0 Å². The fourth-order valence-electron chi connectivity index (χ4n) is 4.75. The summed E-state index contributed by atoms with van der Waals surface area (Å²) in [7, 11) is 0. The van der Waals surface area contributed by atoms with Crippen molar-refractivity contribution in [2.45, 2.75) is 38.8 Å². The molecule has 4 rings (SSSR count). The molecule has 0 heterocycles. The number of carbonyl (C=O) groups is 3. The van der Waals surface area contributed by atoms with Gasteiger partial charge < -0.3 is 26.2 Å². The third-order valence-corrected chi connectivity index (χ3v) is 6.48. The van der Waals surface area contributed by atoms with E-state index in [4.69, 9.17) is 5.73 Å². The van der Waals surface area contributed by atoms with Crippen molar-refractivity contribution in [3.63, 3.8) is 0 Å². The predicted molar refractivity (Wildman–Crippen MR) is 114 cm³/mol. The summed E-state index contributed by atoms with van der Waals surface area (Å²) < 4.78 is 0. The summed E-state index contributed by atoms with van der Waals surface area (Å²) in [5, 5.41) is 43.5. The molecule has 2 aromatic rings. The Morgan fingerprint density at radius 2 is 1.71 bits per heavy atom. The van der Waals surface area contributed by atoms with Crippen LogP contribution in [0.5, 0.6) is 11.5 Å². The van der Waals surface area contributed by atoms with Crippen LogP contribution >= 0.6 is 0 Å². The minimum absolute atomic E-state index is 0. The van der Waals surface area contributed by atoms with Crippen LogP contribution in [0.2, 0.25) is 0 Å². The molecular weight excluding hydrogens is 413 g/mol. The fraction of sp³-hybridized carbons (Fsp3) is 0.318. The van der Waals surface area contributed by atoms with Crippen molar-refractivity contribution in [1.82, 2.24) is 0 Å². The zero-order valence-electron chi connectivity index (χ0n) is 16.6. The quantitative estimate of drug-likeness (QED) is 0.248. The van der Waals surface area contributed by atoms with Crippen LogP contribution in [0.3, 0.4) is 0 Å². The van der Waals surface area contributed by atoms with E-state index in [2.05, 4.69) is 0 Å². The normalized spacial score (nSPS) is 25.2. The van der Waals surface area contributed by atoms with Gasteiger partial charge in [-0.05, 0) is 49.3 Å². The molecule has 0 fully saturated rings. The van der Waals surface area contributed by atoms with E-state index in [-0.39, 0.29) is 52.7 Å². The van der Waals surface area contributed by atoms with E-state index in [1.165, 1.54) is 0 Å². The first-order chi connectivity index (χ1) is 13.9. The van der Waals surface area contributed by atoms with E-state index in [0.29, 0.717) is 22.1 Å². The molecule has 0 saturated carbocycles. The second kappa shape index (κ2) is 7.43. The van der Waals surface area contributed by atoms with Gasteiger partial charge in [-0.1, -0.05) is 12.1 Å². The van der Waals surface area contributed by atoms with E-state index in [1.54, 1.807) is 26.0 Å². The molecule has 0 unspecified atom stereocenters. The van der Waals surface area contributed by atoms with Gasteiger partial charge in [0, 0.05) is 5.92 Å². The first kappa shape index (κ1) is 23.4. The van der Waals surface area contributed by atoms with Gasteiger partial charge >= 0.3 is 29.6 Å². The Labute approximate surface area is 199 Å². The van der Waals surface area contributed by atoms with Gasteiger partial charge in [0.05, 0.1) is 17.0 Å². The minimum atomic E-state index is -2.71. The van der Waals surface area contributed by atoms with Crippen LogP contribution in [0.25, 0.3) is 10.8 Å². The Bertz CT molecular complexity index is 1230.